The molecule has 2 heterocycles. The van der Waals surface area contributed by atoms with Gasteiger partial charge in [0.05, 0.1) is 29.3 Å². The summed E-state index contributed by atoms with van der Waals surface area (Å²) in [7, 11) is 0. The van der Waals surface area contributed by atoms with E-state index in [1.165, 1.54) is 12.1 Å². The summed E-state index contributed by atoms with van der Waals surface area (Å²) in [6, 6.07) is 7.73. The summed E-state index contributed by atoms with van der Waals surface area (Å²) in [5.74, 6) is 0.0708. The van der Waals surface area contributed by atoms with Gasteiger partial charge in [0.15, 0.2) is 0 Å². The Morgan fingerprint density at radius 1 is 1.17 bits per heavy atom. The van der Waals surface area contributed by atoms with E-state index < -0.39 is 0 Å². The molecule has 0 spiro atoms. The predicted molar refractivity (Wildman–Crippen MR) is 90.6 cm³/mol. The van der Waals surface area contributed by atoms with Gasteiger partial charge in [0.1, 0.15) is 5.82 Å². The van der Waals surface area contributed by atoms with E-state index in [0.717, 1.165) is 23.8 Å². The molecule has 2 aromatic heterocycles. The number of aromatic nitrogens is 2. The molecule has 0 radical (unpaired) electrons. The van der Waals surface area contributed by atoms with E-state index >= 15 is 0 Å². The Kier molecular flexibility index (Phi) is 3.57. The molecular formula is C18H15FN4O. The molecule has 1 aromatic carbocycles. The van der Waals surface area contributed by atoms with Crippen LogP contribution < -0.4 is 10.6 Å². The normalized spacial score (nSPS) is 13.7. The maximum absolute atomic E-state index is 13.4. The zero-order valence-electron chi connectivity index (χ0n) is 12.8. The van der Waals surface area contributed by atoms with Crippen LogP contribution >= 0.6 is 0 Å². The number of hydrogen-bond acceptors (Lipinski definition) is 3. The zero-order valence-corrected chi connectivity index (χ0v) is 12.8. The first-order chi connectivity index (χ1) is 11.7. The lowest BCUT2D eigenvalue weighted by Gasteiger charge is -2.13. The molecule has 0 saturated heterocycles. The Balaban J connectivity index is 1.65. The van der Waals surface area contributed by atoms with Gasteiger partial charge in [-0.05, 0) is 48.6 Å². The highest BCUT2D eigenvalue weighted by Gasteiger charge is 2.29. The van der Waals surface area contributed by atoms with Crippen LogP contribution in [0.2, 0.25) is 0 Å². The molecule has 0 aliphatic heterocycles. The van der Waals surface area contributed by atoms with E-state index in [4.69, 9.17) is 0 Å². The molecule has 120 valence electrons. The van der Waals surface area contributed by atoms with Crippen molar-refractivity contribution in [2.24, 2.45) is 0 Å². The lowest BCUT2D eigenvalue weighted by atomic mass is 10.0. The number of carbonyl (C=O) groups is 1. The van der Waals surface area contributed by atoms with Crippen LogP contribution in [0.15, 0.2) is 48.9 Å². The van der Waals surface area contributed by atoms with E-state index in [1.807, 2.05) is 0 Å². The van der Waals surface area contributed by atoms with Crippen LogP contribution in [0.3, 0.4) is 0 Å². The molecule has 1 aliphatic carbocycles. The van der Waals surface area contributed by atoms with Gasteiger partial charge >= 0.3 is 6.03 Å². The van der Waals surface area contributed by atoms with Crippen molar-refractivity contribution in [3.05, 3.63) is 60.3 Å². The first kappa shape index (κ1) is 14.6. The topological polar surface area (TPSA) is 66.9 Å². The minimum atomic E-state index is -0.354. The molecule has 5 nitrogen and oxygen atoms in total. The number of halogens is 1. The molecule has 1 aliphatic rings. The summed E-state index contributed by atoms with van der Waals surface area (Å²) in [5, 5.41) is 6.47. The van der Waals surface area contributed by atoms with Crippen LogP contribution in [0.4, 0.5) is 20.6 Å². The third-order valence-corrected chi connectivity index (χ3v) is 4.03. The van der Waals surface area contributed by atoms with Crippen molar-refractivity contribution >= 4 is 28.3 Å². The predicted octanol–water partition coefficient (Wildman–Crippen LogP) is 4.29. The number of urea groups is 1. The van der Waals surface area contributed by atoms with Gasteiger partial charge in [-0.3, -0.25) is 9.97 Å². The first-order valence-electron chi connectivity index (χ1n) is 7.77. The van der Waals surface area contributed by atoms with Crippen molar-refractivity contribution in [2.45, 2.75) is 18.8 Å². The molecular weight excluding hydrogens is 307 g/mol. The summed E-state index contributed by atoms with van der Waals surface area (Å²) in [4.78, 5) is 20.5. The number of rotatable bonds is 3. The maximum Gasteiger partial charge on any atom is 0.323 e. The fourth-order valence-electron chi connectivity index (χ4n) is 2.82. The average molecular weight is 322 g/mol. The smallest absolute Gasteiger partial charge is 0.306 e. The monoisotopic (exact) mass is 322 g/mol. The van der Waals surface area contributed by atoms with Crippen molar-refractivity contribution in [3.8, 4) is 0 Å². The molecule has 1 saturated carbocycles. The molecule has 3 aromatic rings. The number of hydrogen-bond donors (Lipinski definition) is 2. The molecule has 1 fully saturated rings. The summed E-state index contributed by atoms with van der Waals surface area (Å²) in [6.07, 6.45) is 6.94. The minimum Gasteiger partial charge on any atom is -0.306 e. The van der Waals surface area contributed by atoms with E-state index in [1.54, 1.807) is 36.8 Å². The van der Waals surface area contributed by atoms with E-state index in [9.17, 15) is 9.18 Å². The lowest BCUT2D eigenvalue weighted by Crippen LogP contribution is -2.20. The highest BCUT2D eigenvalue weighted by atomic mass is 19.1. The second kappa shape index (κ2) is 5.88. The lowest BCUT2D eigenvalue weighted by molar-refractivity contribution is 0.262. The van der Waals surface area contributed by atoms with Gasteiger partial charge in [-0.1, -0.05) is 0 Å². The Morgan fingerprint density at radius 2 is 2.04 bits per heavy atom. The van der Waals surface area contributed by atoms with Crippen molar-refractivity contribution in [2.75, 3.05) is 10.6 Å². The molecule has 4 rings (SSSR count). The van der Waals surface area contributed by atoms with Crippen molar-refractivity contribution in [1.29, 1.82) is 0 Å². The van der Waals surface area contributed by atoms with Crippen LogP contribution in [0.5, 0.6) is 0 Å². The van der Waals surface area contributed by atoms with Crippen LogP contribution in [-0.2, 0) is 0 Å². The summed E-state index contributed by atoms with van der Waals surface area (Å²) < 4.78 is 13.4. The molecule has 2 N–H and O–H groups in total. The van der Waals surface area contributed by atoms with Crippen molar-refractivity contribution in [3.63, 3.8) is 0 Å². The van der Waals surface area contributed by atoms with Gasteiger partial charge < -0.3 is 10.6 Å². The molecule has 24 heavy (non-hydrogen) atoms. The van der Waals surface area contributed by atoms with E-state index in [2.05, 4.69) is 20.6 Å². The minimum absolute atomic E-state index is 0.313. The van der Waals surface area contributed by atoms with Gasteiger partial charge in [-0.25, -0.2) is 9.18 Å². The van der Waals surface area contributed by atoms with Gasteiger partial charge in [0.2, 0.25) is 0 Å². The summed E-state index contributed by atoms with van der Waals surface area (Å²) in [5.41, 5.74) is 2.91. The second-order valence-electron chi connectivity index (χ2n) is 5.84. The van der Waals surface area contributed by atoms with Gasteiger partial charge in [0.25, 0.3) is 0 Å². The van der Waals surface area contributed by atoms with Crippen LogP contribution in [-0.4, -0.2) is 16.0 Å². The molecule has 2 amide bonds. The quantitative estimate of drug-likeness (QED) is 0.756. The number of amides is 2. The Labute approximate surface area is 137 Å². The third kappa shape index (κ3) is 2.90. The van der Waals surface area contributed by atoms with Crippen LogP contribution in [0.25, 0.3) is 10.9 Å². The molecule has 6 heteroatoms. The Hall–Kier alpha value is -3.02. The van der Waals surface area contributed by atoms with Crippen LogP contribution in [0, 0.1) is 5.82 Å². The number of pyridine rings is 2. The summed E-state index contributed by atoms with van der Waals surface area (Å²) >= 11 is 0. The number of fused-ring (bicyclic) bond motifs is 1. The third-order valence-electron chi connectivity index (χ3n) is 4.03. The highest BCUT2D eigenvalue weighted by molar-refractivity contribution is 6.02. The van der Waals surface area contributed by atoms with E-state index in [-0.39, 0.29) is 11.8 Å². The number of carbonyl (C=O) groups excluding carboxylic acids is 1. The zero-order chi connectivity index (χ0) is 16.5. The highest BCUT2D eigenvalue weighted by Crippen LogP contribution is 2.46. The summed E-state index contributed by atoms with van der Waals surface area (Å²) in [6.45, 7) is 0. The fourth-order valence-corrected chi connectivity index (χ4v) is 2.82. The van der Waals surface area contributed by atoms with Gasteiger partial charge in [0, 0.05) is 17.6 Å². The van der Waals surface area contributed by atoms with Crippen LogP contribution in [0.1, 0.15) is 24.3 Å². The van der Waals surface area contributed by atoms with Crippen molar-refractivity contribution < 1.29 is 9.18 Å². The molecule has 0 unspecified atom stereocenters. The van der Waals surface area contributed by atoms with Gasteiger partial charge in [-0.15, -0.1) is 0 Å². The molecule has 0 atom stereocenters. The Bertz CT molecular complexity index is 910. The maximum atomic E-state index is 13.4. The number of anilines is 2. The standard InChI is InChI=1S/C18H15FN4O/c19-12-5-6-14-15(8-12)21-10-16(17(14)11-3-4-11)23-18(24)22-13-2-1-7-20-9-13/h1-2,5-11H,3-4H2,(H2,22,23,24). The van der Waals surface area contributed by atoms with E-state index in [0.29, 0.717) is 22.8 Å². The number of nitrogens with one attached hydrogen (secondary N) is 2. The molecule has 0 bridgehead atoms. The second-order valence-corrected chi connectivity index (χ2v) is 5.84. The fraction of sp³-hybridized carbons (Fsp3) is 0.167. The number of nitrogens with zero attached hydrogens (tertiary/aromatic N) is 2. The first-order valence-corrected chi connectivity index (χ1v) is 7.77. The Morgan fingerprint density at radius 3 is 2.79 bits per heavy atom. The SMILES string of the molecule is O=C(Nc1cccnc1)Nc1cnc2cc(F)ccc2c1C1CC1. The number of benzene rings is 1. The van der Waals surface area contributed by atoms with Gasteiger partial charge in [-0.2, -0.15) is 0 Å². The van der Waals surface area contributed by atoms with Crippen molar-refractivity contribution in [1.82, 2.24) is 9.97 Å². The average Bonchev–Trinajstić information content (AvgIpc) is 3.40. The largest absolute Gasteiger partial charge is 0.323 e.